The van der Waals surface area contributed by atoms with Gasteiger partial charge in [0.2, 0.25) is 0 Å². The summed E-state index contributed by atoms with van der Waals surface area (Å²) in [6.45, 7) is 6.80. The molecule has 2 unspecified atom stereocenters. The largest absolute Gasteiger partial charge is 0.378 e. The van der Waals surface area contributed by atoms with E-state index in [1.54, 1.807) is 0 Å². The second-order valence-electron chi connectivity index (χ2n) is 5.66. The normalized spacial score (nSPS) is 23.8. The Bertz CT molecular complexity index is 189. The minimum atomic E-state index is 0.511. The van der Waals surface area contributed by atoms with Crippen LogP contribution in [0.5, 0.6) is 0 Å². The fourth-order valence-electron chi connectivity index (χ4n) is 3.05. The molecule has 0 bridgehead atoms. The van der Waals surface area contributed by atoms with Crippen molar-refractivity contribution in [2.24, 2.45) is 5.41 Å². The van der Waals surface area contributed by atoms with Gasteiger partial charge in [0.05, 0.1) is 6.10 Å². The Morgan fingerprint density at radius 2 is 2.12 bits per heavy atom. The average molecular weight is 241 g/mol. The summed E-state index contributed by atoms with van der Waals surface area (Å²) in [5.74, 6) is 0. The van der Waals surface area contributed by atoms with E-state index in [0.717, 1.165) is 13.2 Å². The maximum Gasteiger partial charge on any atom is 0.0576 e. The van der Waals surface area contributed by atoms with Crippen LogP contribution in [0.15, 0.2) is 0 Å². The first-order chi connectivity index (χ1) is 8.26. The predicted molar refractivity (Wildman–Crippen MR) is 74.4 cm³/mol. The molecule has 1 rings (SSSR count). The number of ether oxygens (including phenoxy) is 1. The zero-order chi connectivity index (χ0) is 12.6. The van der Waals surface area contributed by atoms with Gasteiger partial charge in [-0.05, 0) is 51.0 Å². The Labute approximate surface area is 108 Å². The van der Waals surface area contributed by atoms with Crippen LogP contribution in [0.25, 0.3) is 0 Å². The summed E-state index contributed by atoms with van der Waals surface area (Å²) in [6.07, 6.45) is 11.0. The summed E-state index contributed by atoms with van der Waals surface area (Å²) in [5, 5.41) is 3.40. The minimum absolute atomic E-state index is 0.511. The number of hydrogen-bond donors (Lipinski definition) is 1. The molecule has 0 spiro atoms. The van der Waals surface area contributed by atoms with Crippen molar-refractivity contribution in [1.29, 1.82) is 0 Å². The van der Waals surface area contributed by atoms with E-state index in [4.69, 9.17) is 4.74 Å². The SMILES string of the molecule is CCCCC(CC)(CCC1CCCO1)CNC. The molecule has 1 N–H and O–H groups in total. The molecule has 0 saturated carbocycles. The van der Waals surface area contributed by atoms with Crippen molar-refractivity contribution in [2.75, 3.05) is 20.2 Å². The standard InChI is InChI=1S/C15H31NO/c1-4-6-10-15(5-2,13-16-3)11-9-14-8-7-12-17-14/h14,16H,4-13H2,1-3H3. The lowest BCUT2D eigenvalue weighted by molar-refractivity contribution is 0.0833. The van der Waals surface area contributed by atoms with E-state index < -0.39 is 0 Å². The van der Waals surface area contributed by atoms with Crippen LogP contribution < -0.4 is 5.32 Å². The summed E-state index contributed by atoms with van der Waals surface area (Å²) < 4.78 is 5.76. The van der Waals surface area contributed by atoms with Gasteiger partial charge in [-0.15, -0.1) is 0 Å². The molecule has 1 fully saturated rings. The number of rotatable bonds is 9. The molecule has 2 atom stereocenters. The fourth-order valence-corrected chi connectivity index (χ4v) is 3.05. The molecule has 1 aliphatic rings. The van der Waals surface area contributed by atoms with E-state index in [0.29, 0.717) is 11.5 Å². The van der Waals surface area contributed by atoms with Crippen molar-refractivity contribution in [1.82, 2.24) is 5.32 Å². The van der Waals surface area contributed by atoms with E-state index >= 15 is 0 Å². The Hall–Kier alpha value is -0.0800. The summed E-state index contributed by atoms with van der Waals surface area (Å²) >= 11 is 0. The van der Waals surface area contributed by atoms with Gasteiger partial charge in [0.25, 0.3) is 0 Å². The van der Waals surface area contributed by atoms with Crippen molar-refractivity contribution >= 4 is 0 Å². The third-order valence-electron chi connectivity index (χ3n) is 4.38. The summed E-state index contributed by atoms with van der Waals surface area (Å²) in [7, 11) is 2.09. The molecule has 0 aliphatic carbocycles. The first kappa shape index (κ1) is 15.0. The summed E-state index contributed by atoms with van der Waals surface area (Å²) in [5.41, 5.74) is 0.511. The van der Waals surface area contributed by atoms with Crippen molar-refractivity contribution in [3.63, 3.8) is 0 Å². The Morgan fingerprint density at radius 3 is 2.65 bits per heavy atom. The molecule has 102 valence electrons. The molecular formula is C15H31NO. The molecule has 0 aromatic heterocycles. The van der Waals surface area contributed by atoms with Crippen molar-refractivity contribution in [2.45, 2.75) is 71.3 Å². The smallest absolute Gasteiger partial charge is 0.0576 e. The second kappa shape index (κ2) is 8.10. The molecule has 0 amide bonds. The fraction of sp³-hybridized carbons (Fsp3) is 1.00. The van der Waals surface area contributed by atoms with Gasteiger partial charge in [-0.25, -0.2) is 0 Å². The van der Waals surface area contributed by atoms with E-state index in [2.05, 4.69) is 26.2 Å². The lowest BCUT2D eigenvalue weighted by atomic mass is 9.75. The van der Waals surface area contributed by atoms with Crippen molar-refractivity contribution in [3.05, 3.63) is 0 Å². The van der Waals surface area contributed by atoms with Gasteiger partial charge in [-0.1, -0.05) is 26.7 Å². The van der Waals surface area contributed by atoms with Crippen LogP contribution in [0.2, 0.25) is 0 Å². The van der Waals surface area contributed by atoms with Crippen LogP contribution >= 0.6 is 0 Å². The van der Waals surface area contributed by atoms with Gasteiger partial charge in [-0.3, -0.25) is 0 Å². The van der Waals surface area contributed by atoms with Gasteiger partial charge in [0.1, 0.15) is 0 Å². The number of unbranched alkanes of at least 4 members (excludes halogenated alkanes) is 1. The van der Waals surface area contributed by atoms with Crippen LogP contribution in [-0.2, 0) is 4.74 Å². The van der Waals surface area contributed by atoms with Gasteiger partial charge in [0, 0.05) is 13.2 Å². The lowest BCUT2D eigenvalue weighted by Crippen LogP contribution is -2.33. The zero-order valence-corrected chi connectivity index (χ0v) is 12.1. The predicted octanol–water partition coefficient (Wildman–Crippen LogP) is 3.75. The topological polar surface area (TPSA) is 21.3 Å². The van der Waals surface area contributed by atoms with Crippen LogP contribution in [-0.4, -0.2) is 26.3 Å². The second-order valence-corrected chi connectivity index (χ2v) is 5.66. The molecular weight excluding hydrogens is 210 g/mol. The molecule has 0 radical (unpaired) electrons. The highest BCUT2D eigenvalue weighted by Crippen LogP contribution is 2.35. The van der Waals surface area contributed by atoms with Crippen LogP contribution in [0.1, 0.15) is 65.2 Å². The first-order valence-electron chi connectivity index (χ1n) is 7.52. The van der Waals surface area contributed by atoms with Crippen LogP contribution in [0.3, 0.4) is 0 Å². The Balaban J connectivity index is 2.41. The minimum Gasteiger partial charge on any atom is -0.378 e. The number of hydrogen-bond acceptors (Lipinski definition) is 2. The van der Waals surface area contributed by atoms with E-state index in [1.807, 2.05) is 0 Å². The molecule has 0 aromatic carbocycles. The summed E-state index contributed by atoms with van der Waals surface area (Å²) in [6, 6.07) is 0. The van der Waals surface area contributed by atoms with Crippen molar-refractivity contribution in [3.8, 4) is 0 Å². The monoisotopic (exact) mass is 241 g/mol. The lowest BCUT2D eigenvalue weighted by Gasteiger charge is -2.34. The molecule has 1 aliphatic heterocycles. The third kappa shape index (κ3) is 4.97. The van der Waals surface area contributed by atoms with E-state index in [1.165, 1.54) is 51.4 Å². The summed E-state index contributed by atoms with van der Waals surface area (Å²) in [4.78, 5) is 0. The third-order valence-corrected chi connectivity index (χ3v) is 4.38. The first-order valence-corrected chi connectivity index (χ1v) is 7.52. The quantitative estimate of drug-likeness (QED) is 0.664. The van der Waals surface area contributed by atoms with Gasteiger partial charge in [-0.2, -0.15) is 0 Å². The molecule has 17 heavy (non-hydrogen) atoms. The Morgan fingerprint density at radius 1 is 1.29 bits per heavy atom. The Kier molecular flexibility index (Phi) is 7.14. The molecule has 2 heteroatoms. The number of nitrogens with one attached hydrogen (secondary N) is 1. The molecule has 1 heterocycles. The van der Waals surface area contributed by atoms with Gasteiger partial charge >= 0.3 is 0 Å². The highest BCUT2D eigenvalue weighted by Gasteiger charge is 2.28. The molecule has 2 nitrogen and oxygen atoms in total. The van der Waals surface area contributed by atoms with Crippen LogP contribution in [0.4, 0.5) is 0 Å². The molecule has 1 saturated heterocycles. The van der Waals surface area contributed by atoms with Crippen LogP contribution in [0, 0.1) is 5.41 Å². The highest BCUT2D eigenvalue weighted by molar-refractivity contribution is 4.82. The maximum atomic E-state index is 5.76. The average Bonchev–Trinajstić information content (AvgIpc) is 2.86. The maximum absolute atomic E-state index is 5.76. The van der Waals surface area contributed by atoms with Gasteiger partial charge < -0.3 is 10.1 Å². The van der Waals surface area contributed by atoms with Gasteiger partial charge in [0.15, 0.2) is 0 Å². The van der Waals surface area contributed by atoms with Crippen molar-refractivity contribution < 1.29 is 4.74 Å². The molecule has 0 aromatic rings. The zero-order valence-electron chi connectivity index (χ0n) is 12.1. The highest BCUT2D eigenvalue weighted by atomic mass is 16.5. The van der Waals surface area contributed by atoms with E-state index in [-0.39, 0.29) is 0 Å². The van der Waals surface area contributed by atoms with E-state index in [9.17, 15) is 0 Å².